The number of hydrogen-bond acceptors (Lipinski definition) is 2. The van der Waals surface area contributed by atoms with Crippen molar-refractivity contribution in [1.82, 2.24) is 9.80 Å². The van der Waals surface area contributed by atoms with Gasteiger partial charge in [0.15, 0.2) is 5.96 Å². The van der Waals surface area contributed by atoms with Crippen LogP contribution in [0.5, 0.6) is 0 Å². The van der Waals surface area contributed by atoms with Gasteiger partial charge in [-0.25, -0.2) is 0 Å². The summed E-state index contributed by atoms with van der Waals surface area (Å²) in [5.41, 5.74) is 7.50. The van der Waals surface area contributed by atoms with Crippen LogP contribution in [0.25, 0.3) is 0 Å². The average Bonchev–Trinajstić information content (AvgIpc) is 2.53. The quantitative estimate of drug-likeness (QED) is 0.444. The van der Waals surface area contributed by atoms with Crippen LogP contribution in [0.15, 0.2) is 35.3 Å². The Balaban J connectivity index is 0.00000264. The zero-order valence-electron chi connectivity index (χ0n) is 14.6. The summed E-state index contributed by atoms with van der Waals surface area (Å²) in [6.45, 7) is 8.28. The first-order valence-electron chi connectivity index (χ1n) is 8.35. The van der Waals surface area contributed by atoms with Crippen LogP contribution in [0.3, 0.4) is 0 Å². The van der Waals surface area contributed by atoms with E-state index in [1.807, 2.05) is 0 Å². The van der Waals surface area contributed by atoms with E-state index in [-0.39, 0.29) is 24.0 Å². The molecule has 1 saturated heterocycles. The number of guanidine groups is 1. The van der Waals surface area contributed by atoms with Gasteiger partial charge in [-0.1, -0.05) is 37.3 Å². The highest BCUT2D eigenvalue weighted by Crippen LogP contribution is 2.15. The number of piperidine rings is 1. The summed E-state index contributed by atoms with van der Waals surface area (Å²) < 4.78 is 0. The molecule has 130 valence electrons. The molecule has 0 amide bonds. The molecule has 5 heteroatoms. The fourth-order valence-corrected chi connectivity index (χ4v) is 2.89. The second-order valence-electron chi connectivity index (χ2n) is 6.64. The Kier molecular flexibility index (Phi) is 8.91. The van der Waals surface area contributed by atoms with E-state index in [0.717, 1.165) is 32.1 Å². The maximum atomic E-state index is 6.17. The van der Waals surface area contributed by atoms with Crippen LogP contribution in [0.2, 0.25) is 0 Å². The van der Waals surface area contributed by atoms with Crippen molar-refractivity contribution in [2.45, 2.75) is 39.3 Å². The summed E-state index contributed by atoms with van der Waals surface area (Å²) in [5, 5.41) is 0. The Morgan fingerprint density at radius 3 is 2.74 bits per heavy atom. The van der Waals surface area contributed by atoms with Gasteiger partial charge in [-0.2, -0.15) is 0 Å². The highest BCUT2D eigenvalue weighted by molar-refractivity contribution is 14.0. The van der Waals surface area contributed by atoms with Crippen molar-refractivity contribution in [3.8, 4) is 0 Å². The molecule has 0 bridgehead atoms. The summed E-state index contributed by atoms with van der Waals surface area (Å²) in [6, 6.07) is 10.9. The van der Waals surface area contributed by atoms with E-state index in [1.165, 1.54) is 18.4 Å². The van der Waals surface area contributed by atoms with Crippen LogP contribution < -0.4 is 5.73 Å². The number of halogens is 1. The number of rotatable bonds is 5. The van der Waals surface area contributed by atoms with Crippen molar-refractivity contribution in [1.29, 1.82) is 0 Å². The third-order valence-electron chi connectivity index (χ3n) is 4.53. The van der Waals surface area contributed by atoms with E-state index in [1.54, 1.807) is 0 Å². The Morgan fingerprint density at radius 2 is 2.09 bits per heavy atom. The lowest BCUT2D eigenvalue weighted by Gasteiger charge is -2.32. The molecule has 0 radical (unpaired) electrons. The number of nitrogens with zero attached hydrogens (tertiary/aromatic N) is 3. The SMILES string of the molecule is CC1CCCN(C(N)=NCC(C)N(C)Cc2ccccc2)C1.I. The van der Waals surface area contributed by atoms with Gasteiger partial charge in [0, 0.05) is 25.7 Å². The van der Waals surface area contributed by atoms with Crippen LogP contribution in [-0.2, 0) is 6.54 Å². The number of aliphatic imine (C=N–C) groups is 1. The molecule has 2 atom stereocenters. The molecule has 2 rings (SSSR count). The van der Waals surface area contributed by atoms with Crippen molar-refractivity contribution in [3.63, 3.8) is 0 Å². The molecule has 0 spiro atoms. The van der Waals surface area contributed by atoms with Gasteiger partial charge in [-0.05, 0) is 38.3 Å². The van der Waals surface area contributed by atoms with Crippen molar-refractivity contribution < 1.29 is 0 Å². The van der Waals surface area contributed by atoms with Crippen LogP contribution in [0.4, 0.5) is 0 Å². The van der Waals surface area contributed by atoms with Gasteiger partial charge in [0.2, 0.25) is 0 Å². The van der Waals surface area contributed by atoms with Crippen LogP contribution in [-0.4, -0.2) is 48.5 Å². The molecule has 1 aliphatic heterocycles. The maximum absolute atomic E-state index is 6.17. The lowest BCUT2D eigenvalue weighted by molar-refractivity contribution is 0.250. The zero-order chi connectivity index (χ0) is 15.9. The fraction of sp³-hybridized carbons (Fsp3) is 0.611. The van der Waals surface area contributed by atoms with Gasteiger partial charge >= 0.3 is 0 Å². The van der Waals surface area contributed by atoms with Crippen molar-refractivity contribution >= 4 is 29.9 Å². The summed E-state index contributed by atoms with van der Waals surface area (Å²) in [4.78, 5) is 9.18. The van der Waals surface area contributed by atoms with Gasteiger partial charge < -0.3 is 10.6 Å². The number of likely N-dealkylation sites (tertiary alicyclic amines) is 1. The molecule has 1 heterocycles. The molecule has 0 saturated carbocycles. The van der Waals surface area contributed by atoms with Gasteiger partial charge in [0.1, 0.15) is 0 Å². The minimum Gasteiger partial charge on any atom is -0.370 e. The van der Waals surface area contributed by atoms with E-state index in [9.17, 15) is 0 Å². The maximum Gasteiger partial charge on any atom is 0.191 e. The molecule has 2 N–H and O–H groups in total. The number of hydrogen-bond donors (Lipinski definition) is 1. The van der Waals surface area contributed by atoms with Crippen LogP contribution >= 0.6 is 24.0 Å². The van der Waals surface area contributed by atoms with Crippen LogP contribution in [0, 0.1) is 5.92 Å². The minimum absolute atomic E-state index is 0. The highest BCUT2D eigenvalue weighted by atomic mass is 127. The summed E-state index contributed by atoms with van der Waals surface area (Å²) in [5.74, 6) is 1.44. The zero-order valence-corrected chi connectivity index (χ0v) is 16.9. The first-order chi connectivity index (χ1) is 10.6. The van der Waals surface area contributed by atoms with Crippen molar-refractivity contribution in [2.24, 2.45) is 16.6 Å². The lowest BCUT2D eigenvalue weighted by atomic mass is 10.0. The lowest BCUT2D eigenvalue weighted by Crippen LogP contribution is -2.44. The average molecular weight is 430 g/mol. The summed E-state index contributed by atoms with van der Waals surface area (Å²) in [7, 11) is 2.15. The number of likely N-dealkylation sites (N-methyl/N-ethyl adjacent to an activating group) is 1. The fourth-order valence-electron chi connectivity index (χ4n) is 2.89. The van der Waals surface area contributed by atoms with Crippen molar-refractivity contribution in [3.05, 3.63) is 35.9 Å². The smallest absolute Gasteiger partial charge is 0.191 e. The molecule has 23 heavy (non-hydrogen) atoms. The standard InChI is InChI=1S/C18H30N4.HI/c1-15-8-7-11-22(13-15)18(19)20-12-16(2)21(3)14-17-9-5-4-6-10-17;/h4-6,9-10,15-16H,7-8,11-14H2,1-3H3,(H2,19,20);1H. The molecule has 1 aromatic rings. The Labute approximate surface area is 158 Å². The Hall–Kier alpha value is -0.820. The van der Waals surface area contributed by atoms with E-state index >= 15 is 0 Å². The Bertz CT molecular complexity index is 477. The van der Waals surface area contributed by atoms with Crippen LogP contribution in [0.1, 0.15) is 32.3 Å². The first kappa shape index (κ1) is 20.2. The molecular formula is C18H31IN4. The topological polar surface area (TPSA) is 44.9 Å². The minimum atomic E-state index is 0. The Morgan fingerprint density at radius 1 is 1.39 bits per heavy atom. The first-order valence-corrected chi connectivity index (χ1v) is 8.35. The monoisotopic (exact) mass is 430 g/mol. The molecule has 1 aliphatic rings. The van der Waals surface area contributed by atoms with Gasteiger partial charge in [-0.15, -0.1) is 24.0 Å². The second kappa shape index (κ2) is 10.1. The summed E-state index contributed by atoms with van der Waals surface area (Å²) >= 11 is 0. The van der Waals surface area contributed by atoms with E-state index < -0.39 is 0 Å². The van der Waals surface area contributed by atoms with Gasteiger partial charge in [-0.3, -0.25) is 9.89 Å². The van der Waals surface area contributed by atoms with Gasteiger partial charge in [0.05, 0.1) is 6.54 Å². The molecule has 1 fully saturated rings. The van der Waals surface area contributed by atoms with Crippen molar-refractivity contribution in [2.75, 3.05) is 26.7 Å². The van der Waals surface area contributed by atoms with E-state index in [2.05, 4.69) is 66.0 Å². The molecular weight excluding hydrogens is 399 g/mol. The third-order valence-corrected chi connectivity index (χ3v) is 4.53. The molecule has 0 aromatic heterocycles. The number of benzene rings is 1. The normalized spacial score (nSPS) is 20.3. The molecule has 2 unspecified atom stereocenters. The third kappa shape index (κ3) is 6.67. The predicted molar refractivity (Wildman–Crippen MR) is 109 cm³/mol. The van der Waals surface area contributed by atoms with Gasteiger partial charge in [0.25, 0.3) is 0 Å². The molecule has 4 nitrogen and oxygen atoms in total. The molecule has 0 aliphatic carbocycles. The van der Waals surface area contributed by atoms with E-state index in [0.29, 0.717) is 12.0 Å². The second-order valence-corrected chi connectivity index (χ2v) is 6.64. The predicted octanol–water partition coefficient (Wildman–Crippen LogP) is 3.17. The van der Waals surface area contributed by atoms with E-state index in [4.69, 9.17) is 5.73 Å². The summed E-state index contributed by atoms with van der Waals surface area (Å²) in [6.07, 6.45) is 2.53. The molecule has 1 aromatic carbocycles. The number of nitrogens with two attached hydrogens (primary N) is 1. The largest absolute Gasteiger partial charge is 0.370 e. The highest BCUT2D eigenvalue weighted by Gasteiger charge is 2.18.